The Morgan fingerprint density at radius 2 is 2.00 bits per heavy atom. The Balaban J connectivity index is 2.12. The molecule has 2 N–H and O–H groups in total. The van der Waals surface area contributed by atoms with Crippen LogP contribution in [0.1, 0.15) is 20.8 Å². The lowest BCUT2D eigenvalue weighted by Gasteiger charge is -2.26. The van der Waals surface area contributed by atoms with Gasteiger partial charge in [0.25, 0.3) is 5.56 Å². The number of nitrogens with one attached hydrogen (secondary N) is 2. The largest absolute Gasteiger partial charge is 0.354 e. The van der Waals surface area contributed by atoms with Crippen molar-refractivity contribution in [3.05, 3.63) is 34.6 Å². The first-order chi connectivity index (χ1) is 9.65. The molecule has 20 heavy (non-hydrogen) atoms. The van der Waals surface area contributed by atoms with Gasteiger partial charge in [0.15, 0.2) is 0 Å². The zero-order valence-electron chi connectivity index (χ0n) is 12.3. The Labute approximate surface area is 119 Å². The number of aromatic nitrogens is 2. The molecule has 1 aromatic heterocycles. The second kappa shape index (κ2) is 6.52. The molecule has 108 valence electrons. The Hall–Kier alpha value is -1.88. The van der Waals surface area contributed by atoms with Gasteiger partial charge in [-0.3, -0.25) is 14.7 Å². The number of hydrogen-bond donors (Lipinski definition) is 2. The maximum Gasteiger partial charge on any atom is 0.260 e. The van der Waals surface area contributed by atoms with E-state index in [4.69, 9.17) is 0 Å². The van der Waals surface area contributed by atoms with Crippen LogP contribution in [0.3, 0.4) is 0 Å². The topological polar surface area (TPSA) is 61.0 Å². The second-order valence-electron chi connectivity index (χ2n) is 4.88. The smallest absolute Gasteiger partial charge is 0.260 e. The minimum Gasteiger partial charge on any atom is -0.354 e. The summed E-state index contributed by atoms with van der Waals surface area (Å²) in [4.78, 5) is 21.5. The lowest BCUT2D eigenvalue weighted by molar-refractivity contribution is 0.240. The summed E-state index contributed by atoms with van der Waals surface area (Å²) in [7, 11) is 0. The lowest BCUT2D eigenvalue weighted by atomic mass is 10.2. The molecule has 1 heterocycles. The van der Waals surface area contributed by atoms with E-state index in [2.05, 4.69) is 41.0 Å². The van der Waals surface area contributed by atoms with E-state index in [0.717, 1.165) is 19.6 Å². The number of para-hydroxylation sites is 1. The highest BCUT2D eigenvalue weighted by molar-refractivity contribution is 5.78. The van der Waals surface area contributed by atoms with Gasteiger partial charge in [0.1, 0.15) is 0 Å². The third-order valence-electron chi connectivity index (χ3n) is 3.61. The maximum atomic E-state index is 11.9. The van der Waals surface area contributed by atoms with Crippen molar-refractivity contribution in [1.82, 2.24) is 14.9 Å². The van der Waals surface area contributed by atoms with E-state index < -0.39 is 0 Å². The molecule has 0 aliphatic carbocycles. The van der Waals surface area contributed by atoms with E-state index in [-0.39, 0.29) is 5.56 Å². The molecular formula is C15H22N4O. The molecule has 0 saturated heterocycles. The standard InChI is InChI=1S/C15H22N4O/c1-4-19(5-2)11(3)10-16-15-17-13-9-7-6-8-12(13)14(20)18-15/h6-9,11H,4-5,10H2,1-3H3,(H2,16,17,18,20)/t11-/m0/s1. The minimum atomic E-state index is -0.103. The Morgan fingerprint density at radius 3 is 2.70 bits per heavy atom. The highest BCUT2D eigenvalue weighted by Gasteiger charge is 2.10. The Morgan fingerprint density at radius 1 is 1.30 bits per heavy atom. The molecule has 0 unspecified atom stereocenters. The van der Waals surface area contributed by atoms with Crippen LogP contribution in [0.2, 0.25) is 0 Å². The van der Waals surface area contributed by atoms with Crippen LogP contribution in [-0.4, -0.2) is 40.5 Å². The highest BCUT2D eigenvalue weighted by Crippen LogP contribution is 2.08. The summed E-state index contributed by atoms with van der Waals surface area (Å²) in [6, 6.07) is 7.75. The lowest BCUT2D eigenvalue weighted by Crippen LogP contribution is -2.38. The third kappa shape index (κ3) is 3.17. The second-order valence-corrected chi connectivity index (χ2v) is 4.88. The molecule has 1 atom stereocenters. The number of fused-ring (bicyclic) bond motifs is 1. The fraction of sp³-hybridized carbons (Fsp3) is 0.467. The van der Waals surface area contributed by atoms with Gasteiger partial charge in [-0.1, -0.05) is 26.0 Å². The number of benzene rings is 1. The van der Waals surface area contributed by atoms with Crippen molar-refractivity contribution >= 4 is 16.9 Å². The van der Waals surface area contributed by atoms with Crippen LogP contribution in [0.4, 0.5) is 5.95 Å². The predicted octanol–water partition coefficient (Wildman–Crippen LogP) is 2.07. The fourth-order valence-electron chi connectivity index (χ4n) is 2.39. The summed E-state index contributed by atoms with van der Waals surface area (Å²) in [5, 5.41) is 3.84. The monoisotopic (exact) mass is 274 g/mol. The van der Waals surface area contributed by atoms with E-state index in [0.29, 0.717) is 22.9 Å². The van der Waals surface area contributed by atoms with Crippen LogP contribution in [-0.2, 0) is 0 Å². The number of anilines is 1. The Bertz CT molecular complexity index is 619. The van der Waals surface area contributed by atoms with Gasteiger partial charge in [0.2, 0.25) is 5.95 Å². The van der Waals surface area contributed by atoms with Crippen molar-refractivity contribution in [2.24, 2.45) is 0 Å². The van der Waals surface area contributed by atoms with Gasteiger partial charge < -0.3 is 5.32 Å². The van der Waals surface area contributed by atoms with Crippen LogP contribution in [0.25, 0.3) is 10.9 Å². The quantitative estimate of drug-likeness (QED) is 0.846. The summed E-state index contributed by atoms with van der Waals surface area (Å²) >= 11 is 0. The van der Waals surface area contributed by atoms with Gasteiger partial charge in [0.05, 0.1) is 10.9 Å². The molecule has 0 aliphatic rings. The van der Waals surface area contributed by atoms with Crippen molar-refractivity contribution in [1.29, 1.82) is 0 Å². The third-order valence-corrected chi connectivity index (χ3v) is 3.61. The van der Waals surface area contributed by atoms with Crippen molar-refractivity contribution < 1.29 is 0 Å². The minimum absolute atomic E-state index is 0.103. The number of likely N-dealkylation sites (N-methyl/N-ethyl adjacent to an activating group) is 1. The number of hydrogen-bond acceptors (Lipinski definition) is 4. The molecule has 0 amide bonds. The molecule has 0 spiro atoms. The molecule has 2 aromatic rings. The van der Waals surface area contributed by atoms with E-state index in [1.807, 2.05) is 18.2 Å². The SMILES string of the molecule is CCN(CC)[C@@H](C)CNc1nc2ccccc2c(=O)[nH]1. The zero-order chi connectivity index (χ0) is 14.5. The molecule has 5 nitrogen and oxygen atoms in total. The Kier molecular flexibility index (Phi) is 4.74. The van der Waals surface area contributed by atoms with E-state index in [1.165, 1.54) is 0 Å². The van der Waals surface area contributed by atoms with Crippen molar-refractivity contribution in [3.63, 3.8) is 0 Å². The van der Waals surface area contributed by atoms with Gasteiger partial charge in [-0.25, -0.2) is 4.98 Å². The summed E-state index contributed by atoms with van der Waals surface area (Å²) < 4.78 is 0. The molecule has 0 bridgehead atoms. The van der Waals surface area contributed by atoms with Gasteiger partial charge >= 0.3 is 0 Å². The summed E-state index contributed by atoms with van der Waals surface area (Å²) in [6.45, 7) is 9.25. The first kappa shape index (κ1) is 14.5. The van der Waals surface area contributed by atoms with Crippen molar-refractivity contribution in [2.75, 3.05) is 25.0 Å². The van der Waals surface area contributed by atoms with Gasteiger partial charge in [-0.2, -0.15) is 0 Å². The van der Waals surface area contributed by atoms with Gasteiger partial charge in [0, 0.05) is 12.6 Å². The van der Waals surface area contributed by atoms with Crippen molar-refractivity contribution in [2.45, 2.75) is 26.8 Å². The predicted molar refractivity (Wildman–Crippen MR) is 83.2 cm³/mol. The van der Waals surface area contributed by atoms with Gasteiger partial charge in [-0.15, -0.1) is 0 Å². The van der Waals surface area contributed by atoms with E-state index in [9.17, 15) is 4.79 Å². The summed E-state index contributed by atoms with van der Waals surface area (Å²) in [5.41, 5.74) is 0.614. The first-order valence-electron chi connectivity index (χ1n) is 7.12. The summed E-state index contributed by atoms with van der Waals surface area (Å²) in [5.74, 6) is 0.535. The highest BCUT2D eigenvalue weighted by atomic mass is 16.1. The number of H-pyrrole nitrogens is 1. The normalized spacial score (nSPS) is 12.8. The van der Waals surface area contributed by atoms with E-state index >= 15 is 0 Å². The average Bonchev–Trinajstić information content (AvgIpc) is 2.46. The molecule has 2 rings (SSSR count). The first-order valence-corrected chi connectivity index (χ1v) is 7.12. The molecular weight excluding hydrogens is 252 g/mol. The number of rotatable bonds is 6. The maximum absolute atomic E-state index is 11.9. The number of aromatic amines is 1. The van der Waals surface area contributed by atoms with Crippen LogP contribution in [0, 0.1) is 0 Å². The van der Waals surface area contributed by atoms with Crippen LogP contribution < -0.4 is 10.9 Å². The van der Waals surface area contributed by atoms with Crippen LogP contribution in [0.5, 0.6) is 0 Å². The van der Waals surface area contributed by atoms with Crippen LogP contribution in [0.15, 0.2) is 29.1 Å². The van der Waals surface area contributed by atoms with Gasteiger partial charge in [-0.05, 0) is 32.1 Å². The average molecular weight is 274 g/mol. The summed E-state index contributed by atoms with van der Waals surface area (Å²) in [6.07, 6.45) is 0. The molecule has 0 saturated carbocycles. The molecule has 0 fully saturated rings. The zero-order valence-corrected chi connectivity index (χ0v) is 12.3. The fourth-order valence-corrected chi connectivity index (χ4v) is 2.39. The van der Waals surface area contributed by atoms with Crippen molar-refractivity contribution in [3.8, 4) is 0 Å². The molecule has 1 aromatic carbocycles. The van der Waals surface area contributed by atoms with Crippen LogP contribution >= 0.6 is 0 Å². The number of nitrogens with zero attached hydrogens (tertiary/aromatic N) is 2. The van der Waals surface area contributed by atoms with E-state index in [1.54, 1.807) is 6.07 Å². The molecule has 5 heteroatoms. The molecule has 0 radical (unpaired) electrons. The molecule has 0 aliphatic heterocycles.